The van der Waals surface area contributed by atoms with Crippen molar-refractivity contribution in [1.82, 2.24) is 0 Å². The second-order valence-electron chi connectivity index (χ2n) is 13.1. The van der Waals surface area contributed by atoms with E-state index in [1.54, 1.807) is 0 Å². The Morgan fingerprint density at radius 3 is 0.957 bits per heavy atom. The molecule has 0 bridgehead atoms. The van der Waals surface area contributed by atoms with Crippen molar-refractivity contribution >= 4 is 45.7 Å². The largest absolute Gasteiger partial charge is 0.372 e. The second kappa shape index (κ2) is 21.9. The first kappa shape index (κ1) is 38.6. The standard InChI is InChI=1S/C42H65ClN4/c1-7-13-29-44(30-14-8-2)36-19-23-38(24-20-36)47(39-25-21-37(22-26-39)45(31-15-9-3)32-16-10-4)42-28-27-40(35-41(42)43)46(33-17-11-5)34-18-12-6/h19-28,35H,7-18,29-34H2,1-6H3. The molecular weight excluding hydrogens is 596 g/mol. The van der Waals surface area contributed by atoms with Crippen molar-refractivity contribution in [2.45, 2.75) is 119 Å². The highest BCUT2D eigenvalue weighted by Gasteiger charge is 2.19. The predicted octanol–water partition coefficient (Wildman–Crippen LogP) is 13.0. The lowest BCUT2D eigenvalue weighted by molar-refractivity contribution is 0.678. The van der Waals surface area contributed by atoms with Gasteiger partial charge in [0.1, 0.15) is 0 Å². The monoisotopic (exact) mass is 660 g/mol. The number of anilines is 6. The minimum absolute atomic E-state index is 0.786. The van der Waals surface area contributed by atoms with Crippen molar-refractivity contribution in [3.8, 4) is 0 Å². The van der Waals surface area contributed by atoms with Gasteiger partial charge in [0.2, 0.25) is 0 Å². The lowest BCUT2D eigenvalue weighted by atomic mass is 10.1. The average molecular weight is 661 g/mol. The van der Waals surface area contributed by atoms with Gasteiger partial charge in [0.15, 0.2) is 0 Å². The SMILES string of the molecule is CCCCN(CCCC)c1ccc(N(c2ccc(N(CCCC)CCCC)cc2)c2ccc(N(CCCC)CCCC)cc2Cl)cc1. The summed E-state index contributed by atoms with van der Waals surface area (Å²) in [7, 11) is 0. The number of halogens is 1. The maximum Gasteiger partial charge on any atom is 0.0667 e. The van der Waals surface area contributed by atoms with E-state index >= 15 is 0 Å². The van der Waals surface area contributed by atoms with E-state index in [0.29, 0.717) is 0 Å². The number of unbranched alkanes of at least 4 members (excludes halogenated alkanes) is 6. The molecule has 3 rings (SSSR count). The summed E-state index contributed by atoms with van der Waals surface area (Å²) in [6, 6.07) is 25.0. The van der Waals surface area contributed by atoms with Crippen LogP contribution in [0.1, 0.15) is 119 Å². The summed E-state index contributed by atoms with van der Waals surface area (Å²) in [5.74, 6) is 0. The molecule has 0 atom stereocenters. The van der Waals surface area contributed by atoms with Crippen LogP contribution < -0.4 is 19.6 Å². The molecule has 0 fully saturated rings. The van der Waals surface area contributed by atoms with E-state index in [-0.39, 0.29) is 0 Å². The summed E-state index contributed by atoms with van der Waals surface area (Å²) in [5.41, 5.74) is 7.10. The van der Waals surface area contributed by atoms with E-state index in [9.17, 15) is 0 Å². The van der Waals surface area contributed by atoms with Gasteiger partial charge in [-0.15, -0.1) is 0 Å². The number of hydrogen-bond donors (Lipinski definition) is 0. The number of hydrogen-bond acceptors (Lipinski definition) is 4. The third-order valence-corrected chi connectivity index (χ3v) is 9.48. The third kappa shape index (κ3) is 12.0. The molecule has 0 aliphatic rings. The fraction of sp³-hybridized carbons (Fsp3) is 0.571. The quantitative estimate of drug-likeness (QED) is 0.0947. The molecule has 0 radical (unpaired) electrons. The molecule has 5 heteroatoms. The van der Waals surface area contributed by atoms with Gasteiger partial charge in [0.25, 0.3) is 0 Å². The van der Waals surface area contributed by atoms with Crippen molar-refractivity contribution in [3.63, 3.8) is 0 Å². The fourth-order valence-electron chi connectivity index (χ4n) is 6.13. The van der Waals surface area contributed by atoms with Gasteiger partial charge in [0, 0.05) is 67.7 Å². The Kier molecular flexibility index (Phi) is 18.0. The molecule has 0 amide bonds. The molecule has 3 aromatic carbocycles. The van der Waals surface area contributed by atoms with Crippen LogP contribution in [0.2, 0.25) is 5.02 Å². The minimum Gasteiger partial charge on any atom is -0.372 e. The van der Waals surface area contributed by atoms with Gasteiger partial charge in [-0.2, -0.15) is 0 Å². The first-order valence-corrected chi connectivity index (χ1v) is 19.4. The zero-order valence-electron chi connectivity index (χ0n) is 30.7. The van der Waals surface area contributed by atoms with E-state index in [0.717, 1.165) is 61.4 Å². The van der Waals surface area contributed by atoms with E-state index in [2.05, 4.69) is 128 Å². The summed E-state index contributed by atoms with van der Waals surface area (Å²) < 4.78 is 0. The van der Waals surface area contributed by atoms with Crippen LogP contribution in [0.15, 0.2) is 66.7 Å². The normalized spacial score (nSPS) is 11.1. The summed E-state index contributed by atoms with van der Waals surface area (Å²) in [6.07, 6.45) is 14.5. The molecule has 0 aliphatic carbocycles. The van der Waals surface area contributed by atoms with Crippen molar-refractivity contribution in [3.05, 3.63) is 71.8 Å². The number of rotatable bonds is 24. The Bertz CT molecular complexity index is 1150. The Labute approximate surface area is 294 Å². The molecule has 0 spiro atoms. The fourth-order valence-corrected chi connectivity index (χ4v) is 6.39. The highest BCUT2D eigenvalue weighted by Crippen LogP contribution is 2.41. The van der Waals surface area contributed by atoms with Crippen LogP contribution in [0.4, 0.5) is 34.1 Å². The molecule has 0 aromatic heterocycles. The molecule has 0 saturated heterocycles. The van der Waals surface area contributed by atoms with Gasteiger partial charge in [-0.3, -0.25) is 0 Å². The molecular formula is C42H65ClN4. The topological polar surface area (TPSA) is 13.0 Å². The molecule has 0 aliphatic heterocycles. The summed E-state index contributed by atoms with van der Waals surface area (Å²) in [5, 5.41) is 0.786. The zero-order chi connectivity index (χ0) is 33.9. The van der Waals surface area contributed by atoms with Gasteiger partial charge < -0.3 is 19.6 Å². The van der Waals surface area contributed by atoms with E-state index in [4.69, 9.17) is 11.6 Å². The van der Waals surface area contributed by atoms with Crippen LogP contribution in [0.5, 0.6) is 0 Å². The average Bonchev–Trinajstić information content (AvgIpc) is 3.10. The summed E-state index contributed by atoms with van der Waals surface area (Å²) >= 11 is 7.24. The Hall–Kier alpha value is -2.85. The van der Waals surface area contributed by atoms with Crippen LogP contribution in [0.3, 0.4) is 0 Å². The molecule has 260 valence electrons. The maximum absolute atomic E-state index is 7.24. The second-order valence-corrected chi connectivity index (χ2v) is 13.5. The predicted molar refractivity (Wildman–Crippen MR) is 212 cm³/mol. The van der Waals surface area contributed by atoms with Crippen LogP contribution in [-0.4, -0.2) is 39.3 Å². The smallest absolute Gasteiger partial charge is 0.0667 e. The Morgan fingerprint density at radius 2 is 0.660 bits per heavy atom. The summed E-state index contributed by atoms with van der Waals surface area (Å²) in [6.45, 7) is 20.2. The summed E-state index contributed by atoms with van der Waals surface area (Å²) in [4.78, 5) is 9.96. The Balaban J connectivity index is 2.04. The number of nitrogens with zero attached hydrogens (tertiary/aromatic N) is 4. The molecule has 47 heavy (non-hydrogen) atoms. The third-order valence-electron chi connectivity index (χ3n) is 9.17. The lowest BCUT2D eigenvalue weighted by Crippen LogP contribution is -2.26. The van der Waals surface area contributed by atoms with Crippen LogP contribution in [0, 0.1) is 0 Å². The first-order chi connectivity index (χ1) is 23.0. The van der Waals surface area contributed by atoms with Crippen LogP contribution in [0.25, 0.3) is 0 Å². The molecule has 0 saturated carbocycles. The zero-order valence-corrected chi connectivity index (χ0v) is 31.5. The first-order valence-electron chi connectivity index (χ1n) is 19.1. The molecule has 0 heterocycles. The maximum atomic E-state index is 7.24. The molecule has 4 nitrogen and oxygen atoms in total. The van der Waals surface area contributed by atoms with E-state index in [1.165, 1.54) is 94.1 Å². The van der Waals surface area contributed by atoms with Crippen molar-refractivity contribution in [2.24, 2.45) is 0 Å². The lowest BCUT2D eigenvalue weighted by Gasteiger charge is -2.31. The van der Waals surface area contributed by atoms with Gasteiger partial charge in [0.05, 0.1) is 10.7 Å². The number of benzene rings is 3. The molecule has 0 unspecified atom stereocenters. The molecule has 0 N–H and O–H groups in total. The van der Waals surface area contributed by atoms with Gasteiger partial charge >= 0.3 is 0 Å². The highest BCUT2D eigenvalue weighted by molar-refractivity contribution is 6.34. The Morgan fingerprint density at radius 1 is 0.383 bits per heavy atom. The van der Waals surface area contributed by atoms with Crippen molar-refractivity contribution < 1.29 is 0 Å². The highest BCUT2D eigenvalue weighted by atomic mass is 35.5. The van der Waals surface area contributed by atoms with Gasteiger partial charge in [-0.05, 0) is 105 Å². The van der Waals surface area contributed by atoms with Gasteiger partial charge in [-0.1, -0.05) is 91.7 Å². The van der Waals surface area contributed by atoms with Crippen LogP contribution >= 0.6 is 11.6 Å². The minimum atomic E-state index is 0.786. The van der Waals surface area contributed by atoms with Crippen molar-refractivity contribution in [2.75, 3.05) is 58.9 Å². The molecule has 3 aromatic rings. The van der Waals surface area contributed by atoms with Gasteiger partial charge in [-0.25, -0.2) is 0 Å². The van der Waals surface area contributed by atoms with Crippen molar-refractivity contribution in [1.29, 1.82) is 0 Å². The van der Waals surface area contributed by atoms with E-state index < -0.39 is 0 Å². The van der Waals surface area contributed by atoms with E-state index in [1.807, 2.05) is 0 Å². The van der Waals surface area contributed by atoms with Crippen LogP contribution in [-0.2, 0) is 0 Å².